The van der Waals surface area contributed by atoms with E-state index in [0.717, 1.165) is 0 Å². The van der Waals surface area contributed by atoms with Crippen molar-refractivity contribution >= 4 is 16.3 Å². The van der Waals surface area contributed by atoms with Crippen molar-refractivity contribution in [2.75, 3.05) is 11.8 Å². The van der Waals surface area contributed by atoms with E-state index in [0.29, 0.717) is 5.69 Å². The fraction of sp³-hybridized carbons (Fsp3) is 0.333. The summed E-state index contributed by atoms with van der Waals surface area (Å²) in [6.07, 6.45) is 0. The number of aryl methyl sites for hydroxylation is 1. The van der Waals surface area contributed by atoms with E-state index in [9.17, 15) is 8.42 Å². The van der Waals surface area contributed by atoms with E-state index in [1.165, 1.54) is 13.2 Å². The van der Waals surface area contributed by atoms with Gasteiger partial charge in [-0.2, -0.15) is 13.4 Å². The quantitative estimate of drug-likeness (QED) is 0.694. The number of anilines is 1. The third-order valence-electron chi connectivity index (χ3n) is 1.26. The van der Waals surface area contributed by atoms with Crippen molar-refractivity contribution in [3.05, 3.63) is 11.8 Å². The second-order valence-corrected chi connectivity index (χ2v) is 3.61. The van der Waals surface area contributed by atoms with E-state index in [1.54, 1.807) is 11.6 Å². The van der Waals surface area contributed by atoms with Crippen molar-refractivity contribution in [1.29, 1.82) is 0 Å². The molecule has 0 bridgehead atoms. The molecule has 1 rings (SSSR count). The summed E-state index contributed by atoms with van der Waals surface area (Å²) in [5, 5.41) is 0. The number of hydrogen-bond donors (Lipinski definition) is 2. The summed E-state index contributed by atoms with van der Waals surface area (Å²) in [5.41, 5.74) is 0.517. The van der Waals surface area contributed by atoms with E-state index in [4.69, 9.17) is 9.29 Å². The molecule has 0 fully saturated rings. The highest BCUT2D eigenvalue weighted by atomic mass is 32.2. The van der Waals surface area contributed by atoms with Gasteiger partial charge in [0.15, 0.2) is 0 Å². The van der Waals surface area contributed by atoms with E-state index in [1.807, 2.05) is 0 Å². The van der Waals surface area contributed by atoms with E-state index in [2.05, 4.69) is 9.97 Å². The molecule has 0 aliphatic carbocycles. The van der Waals surface area contributed by atoms with Gasteiger partial charge in [0.2, 0.25) is 11.8 Å². The molecule has 0 aliphatic heterocycles. The molecule has 78 valence electrons. The average molecular weight is 219 g/mol. The first-order chi connectivity index (χ1) is 6.40. The number of nitrogens with one attached hydrogen (secondary N) is 1. The molecule has 1 aromatic rings. The van der Waals surface area contributed by atoms with Crippen LogP contribution in [-0.4, -0.2) is 30.0 Å². The van der Waals surface area contributed by atoms with Gasteiger partial charge in [-0.3, -0.25) is 4.55 Å². The fourth-order valence-electron chi connectivity index (χ4n) is 0.805. The molecule has 0 aliphatic rings. The predicted molar refractivity (Wildman–Crippen MR) is 48.5 cm³/mol. The molecule has 1 heterocycles. The van der Waals surface area contributed by atoms with Gasteiger partial charge < -0.3 is 4.74 Å². The fourth-order valence-corrected chi connectivity index (χ4v) is 1.13. The summed E-state index contributed by atoms with van der Waals surface area (Å²) in [7, 11) is -2.96. The number of rotatable bonds is 3. The Bertz CT molecular complexity index is 431. The Morgan fingerprint density at radius 3 is 2.64 bits per heavy atom. The maximum Gasteiger partial charge on any atom is 0.359 e. The topological polar surface area (TPSA) is 101 Å². The lowest BCUT2D eigenvalue weighted by Gasteiger charge is -2.04. The van der Waals surface area contributed by atoms with Gasteiger partial charge in [0.25, 0.3) is 0 Å². The van der Waals surface area contributed by atoms with Crippen LogP contribution in [0.1, 0.15) is 5.69 Å². The maximum absolute atomic E-state index is 10.4. The number of hydrogen-bond acceptors (Lipinski definition) is 5. The molecule has 0 saturated carbocycles. The van der Waals surface area contributed by atoms with E-state index < -0.39 is 10.3 Å². The highest BCUT2D eigenvalue weighted by Crippen LogP contribution is 2.11. The third kappa shape index (κ3) is 3.15. The molecule has 0 unspecified atom stereocenters. The zero-order chi connectivity index (χ0) is 10.8. The standard InChI is InChI=1S/C6H9N3O4S/c1-4-3-5(13-2)8-6(7-4)9-14(10,11)12/h3H,1-2H3,(H,7,8,9)(H,10,11,12). The molecule has 0 spiro atoms. The molecule has 1 aromatic heterocycles. The Kier molecular flexibility index (Phi) is 2.87. The van der Waals surface area contributed by atoms with Crippen LogP contribution in [0.3, 0.4) is 0 Å². The third-order valence-corrected chi connectivity index (χ3v) is 1.70. The van der Waals surface area contributed by atoms with Gasteiger partial charge in [-0.15, -0.1) is 0 Å². The maximum atomic E-state index is 10.4. The molecule has 0 saturated heterocycles. The minimum atomic E-state index is -4.35. The van der Waals surface area contributed by atoms with Gasteiger partial charge in [-0.05, 0) is 6.92 Å². The number of nitrogens with zero attached hydrogens (tertiary/aromatic N) is 2. The summed E-state index contributed by atoms with van der Waals surface area (Å²) in [4.78, 5) is 7.38. The van der Waals surface area contributed by atoms with E-state index >= 15 is 0 Å². The smallest absolute Gasteiger partial charge is 0.359 e. The first-order valence-corrected chi connectivity index (χ1v) is 4.99. The molecule has 14 heavy (non-hydrogen) atoms. The van der Waals surface area contributed by atoms with Gasteiger partial charge in [-0.25, -0.2) is 9.71 Å². The highest BCUT2D eigenvalue weighted by molar-refractivity contribution is 7.87. The van der Waals surface area contributed by atoms with Gasteiger partial charge in [0.1, 0.15) is 0 Å². The van der Waals surface area contributed by atoms with Crippen LogP contribution in [-0.2, 0) is 10.3 Å². The Balaban J connectivity index is 3.04. The molecule has 0 atom stereocenters. The monoisotopic (exact) mass is 219 g/mol. The Morgan fingerprint density at radius 1 is 1.50 bits per heavy atom. The molecular formula is C6H9N3O4S. The molecule has 0 amide bonds. The van der Waals surface area contributed by atoms with Crippen LogP contribution >= 0.6 is 0 Å². The largest absolute Gasteiger partial charge is 0.481 e. The highest BCUT2D eigenvalue weighted by Gasteiger charge is 2.08. The minimum Gasteiger partial charge on any atom is -0.481 e. The zero-order valence-electron chi connectivity index (χ0n) is 7.55. The van der Waals surface area contributed by atoms with Crippen LogP contribution in [0.25, 0.3) is 0 Å². The lowest BCUT2D eigenvalue weighted by Crippen LogP contribution is -2.13. The second kappa shape index (κ2) is 3.76. The second-order valence-electron chi connectivity index (χ2n) is 2.45. The van der Waals surface area contributed by atoms with Crippen molar-refractivity contribution < 1.29 is 17.7 Å². The number of ether oxygens (including phenoxy) is 1. The number of methoxy groups -OCH3 is 1. The SMILES string of the molecule is COc1cc(C)nc(NS(=O)(=O)O)n1. The molecule has 7 nitrogen and oxygen atoms in total. The molecular weight excluding hydrogens is 210 g/mol. The van der Waals surface area contributed by atoms with E-state index in [-0.39, 0.29) is 11.8 Å². The Morgan fingerprint density at radius 2 is 2.14 bits per heavy atom. The van der Waals surface area contributed by atoms with Crippen molar-refractivity contribution in [2.24, 2.45) is 0 Å². The summed E-state index contributed by atoms with van der Waals surface area (Å²) >= 11 is 0. The van der Waals surface area contributed by atoms with Gasteiger partial charge >= 0.3 is 10.3 Å². The minimum absolute atomic E-state index is 0.212. The Labute approximate surface area is 81.0 Å². The van der Waals surface area contributed by atoms with Crippen molar-refractivity contribution in [2.45, 2.75) is 6.92 Å². The molecule has 2 N–H and O–H groups in total. The average Bonchev–Trinajstić information content (AvgIpc) is 1.99. The normalized spacial score (nSPS) is 11.1. The van der Waals surface area contributed by atoms with Crippen molar-refractivity contribution in [1.82, 2.24) is 9.97 Å². The summed E-state index contributed by atoms with van der Waals surface area (Å²) in [6, 6.07) is 1.52. The van der Waals surface area contributed by atoms with Crippen LogP contribution in [0, 0.1) is 6.92 Å². The summed E-state index contributed by atoms with van der Waals surface area (Å²) in [5.74, 6) is -0.0204. The van der Waals surface area contributed by atoms with Crippen molar-refractivity contribution in [3.63, 3.8) is 0 Å². The lowest BCUT2D eigenvalue weighted by molar-refractivity contribution is 0.397. The lowest BCUT2D eigenvalue weighted by atomic mass is 10.4. The summed E-state index contributed by atoms with van der Waals surface area (Å²) < 4.78 is 35.8. The van der Waals surface area contributed by atoms with Crippen LogP contribution in [0.15, 0.2) is 6.07 Å². The molecule has 8 heteroatoms. The van der Waals surface area contributed by atoms with Crippen LogP contribution in [0.5, 0.6) is 5.88 Å². The van der Waals surface area contributed by atoms with Crippen LogP contribution < -0.4 is 9.46 Å². The molecule has 0 radical (unpaired) electrons. The van der Waals surface area contributed by atoms with Crippen molar-refractivity contribution in [3.8, 4) is 5.88 Å². The first kappa shape index (κ1) is 10.7. The van der Waals surface area contributed by atoms with Gasteiger partial charge in [0.05, 0.1) is 7.11 Å². The summed E-state index contributed by atoms with van der Waals surface area (Å²) in [6.45, 7) is 1.64. The zero-order valence-corrected chi connectivity index (χ0v) is 8.37. The van der Waals surface area contributed by atoms with Crippen LogP contribution in [0.2, 0.25) is 0 Å². The van der Waals surface area contributed by atoms with Crippen LogP contribution in [0.4, 0.5) is 5.95 Å². The molecule has 0 aromatic carbocycles. The Hall–Kier alpha value is -1.41. The van der Waals surface area contributed by atoms with Gasteiger partial charge in [-0.1, -0.05) is 0 Å². The van der Waals surface area contributed by atoms with Gasteiger partial charge in [0, 0.05) is 11.8 Å². The number of aromatic nitrogens is 2. The first-order valence-electron chi connectivity index (χ1n) is 3.55. The predicted octanol–water partition coefficient (Wildman–Crippen LogP) is 0.00832.